The highest BCUT2D eigenvalue weighted by molar-refractivity contribution is 9.11. The molecule has 0 saturated heterocycles. The Hall–Kier alpha value is -4.07. The number of rotatable bonds is 10. The molecule has 46 heavy (non-hydrogen) atoms. The van der Waals surface area contributed by atoms with Crippen molar-refractivity contribution in [2.75, 3.05) is 6.61 Å². The third-order valence-electron chi connectivity index (χ3n) is 6.94. The molecule has 5 rings (SSSR count). The van der Waals surface area contributed by atoms with Crippen molar-refractivity contribution in [2.45, 2.75) is 46.4 Å². The second kappa shape index (κ2) is 14.1. The highest BCUT2D eigenvalue weighted by atomic mass is 79.9. The number of esters is 1. The largest absolute Gasteiger partial charge is 0.491 e. The van der Waals surface area contributed by atoms with Crippen molar-refractivity contribution in [1.82, 2.24) is 4.57 Å². The minimum Gasteiger partial charge on any atom is -0.491 e. The van der Waals surface area contributed by atoms with Crippen LogP contribution in [0, 0.1) is 10.1 Å². The third kappa shape index (κ3) is 7.16. The van der Waals surface area contributed by atoms with E-state index in [1.807, 2.05) is 50.2 Å². The Morgan fingerprint density at radius 1 is 1.13 bits per heavy atom. The van der Waals surface area contributed by atoms with Crippen LogP contribution in [-0.4, -0.2) is 28.2 Å². The summed E-state index contributed by atoms with van der Waals surface area (Å²) in [5.41, 5.74) is 2.47. The fourth-order valence-corrected chi connectivity index (χ4v) is 7.37. The van der Waals surface area contributed by atoms with Crippen LogP contribution in [0.15, 0.2) is 90.7 Å². The maximum atomic E-state index is 14.2. The number of carbonyl (C=O) groups is 1. The summed E-state index contributed by atoms with van der Waals surface area (Å²) in [7, 11) is 0. The van der Waals surface area contributed by atoms with Gasteiger partial charge in [-0.15, -0.1) is 0 Å². The van der Waals surface area contributed by atoms with Crippen molar-refractivity contribution in [3.8, 4) is 11.5 Å². The van der Waals surface area contributed by atoms with Crippen molar-refractivity contribution in [2.24, 2.45) is 4.99 Å². The number of fused-ring (bicyclic) bond motifs is 1. The molecule has 0 unspecified atom stereocenters. The monoisotopic (exact) mass is 769 g/mol. The van der Waals surface area contributed by atoms with Gasteiger partial charge in [-0.1, -0.05) is 39.4 Å². The molecule has 0 spiro atoms. The van der Waals surface area contributed by atoms with Gasteiger partial charge >= 0.3 is 5.97 Å². The van der Waals surface area contributed by atoms with E-state index in [9.17, 15) is 19.7 Å². The van der Waals surface area contributed by atoms with E-state index in [4.69, 9.17) is 14.2 Å². The van der Waals surface area contributed by atoms with Crippen LogP contribution in [0.3, 0.4) is 0 Å². The summed E-state index contributed by atoms with van der Waals surface area (Å²) in [5.74, 6) is 0.613. The fraction of sp³-hybridized carbons (Fsp3) is 0.242. The molecule has 1 aliphatic rings. The standard InChI is InChI=1S/C33H29Br2N3O7S/c1-5-43-32(40)28-19(4)36-33-37(29(28)21-8-12-25(13-9-21)45-18(2)3)31(39)27(46-33)15-22-14-23(34)16-26(35)30(22)44-17-20-6-10-24(11-7-20)38(41)42/h6-16,18,29H,5,17H2,1-4H3/b27-15-/t29-/m1/s1. The molecule has 4 aromatic rings. The SMILES string of the molecule is CCOC(=O)C1=C(C)N=c2s/c(=C\c3cc(Br)cc(Br)c3OCc3ccc([N+](=O)[O-])cc3)c(=O)n2[C@@H]1c1ccc(OC(C)C)cc1. The summed E-state index contributed by atoms with van der Waals surface area (Å²) in [6, 6.07) is 16.3. The van der Waals surface area contributed by atoms with Gasteiger partial charge in [-0.25, -0.2) is 9.79 Å². The smallest absolute Gasteiger partial charge is 0.338 e. The Balaban J connectivity index is 1.59. The quantitative estimate of drug-likeness (QED) is 0.101. The Morgan fingerprint density at radius 3 is 2.46 bits per heavy atom. The minimum atomic E-state index is -0.766. The summed E-state index contributed by atoms with van der Waals surface area (Å²) >= 11 is 8.30. The number of halogens is 2. The number of ether oxygens (including phenoxy) is 3. The molecule has 1 aliphatic heterocycles. The molecule has 238 valence electrons. The average molecular weight is 771 g/mol. The molecule has 1 aromatic heterocycles. The summed E-state index contributed by atoms with van der Waals surface area (Å²) in [6.07, 6.45) is 1.71. The lowest BCUT2D eigenvalue weighted by Crippen LogP contribution is -2.39. The van der Waals surface area contributed by atoms with Gasteiger partial charge in [-0.2, -0.15) is 0 Å². The Bertz CT molecular complexity index is 2020. The number of hydrogen-bond donors (Lipinski definition) is 0. The number of nitro groups is 1. The number of benzene rings is 3. The van der Waals surface area contributed by atoms with Crippen molar-refractivity contribution in [3.05, 3.63) is 127 Å². The second-order valence-electron chi connectivity index (χ2n) is 10.6. The van der Waals surface area contributed by atoms with Gasteiger partial charge in [0.1, 0.15) is 18.1 Å². The van der Waals surface area contributed by atoms with Gasteiger partial charge in [0.2, 0.25) is 0 Å². The minimum absolute atomic E-state index is 0.0101. The van der Waals surface area contributed by atoms with Gasteiger partial charge in [0.15, 0.2) is 4.80 Å². The number of nitrogens with zero attached hydrogens (tertiary/aromatic N) is 3. The zero-order chi connectivity index (χ0) is 33.1. The van der Waals surface area contributed by atoms with Gasteiger partial charge in [0, 0.05) is 22.2 Å². The summed E-state index contributed by atoms with van der Waals surface area (Å²) in [4.78, 5) is 43.1. The van der Waals surface area contributed by atoms with Gasteiger partial charge < -0.3 is 14.2 Å². The number of non-ortho nitro benzene ring substituents is 1. The summed E-state index contributed by atoms with van der Waals surface area (Å²) in [5, 5.41) is 11.0. The first kappa shape index (κ1) is 33.3. The summed E-state index contributed by atoms with van der Waals surface area (Å²) in [6.45, 7) is 7.66. The van der Waals surface area contributed by atoms with Crippen LogP contribution in [0.4, 0.5) is 5.69 Å². The van der Waals surface area contributed by atoms with Gasteiger partial charge in [0.25, 0.3) is 11.2 Å². The Morgan fingerprint density at radius 2 is 1.83 bits per heavy atom. The molecule has 0 fully saturated rings. The predicted molar refractivity (Wildman–Crippen MR) is 182 cm³/mol. The molecule has 13 heteroatoms. The van der Waals surface area contributed by atoms with Gasteiger partial charge in [-0.05, 0) is 97.2 Å². The lowest BCUT2D eigenvalue weighted by Gasteiger charge is -2.25. The third-order valence-corrected chi connectivity index (χ3v) is 8.97. The molecule has 0 N–H and O–H groups in total. The maximum Gasteiger partial charge on any atom is 0.338 e. The molecule has 0 radical (unpaired) electrons. The molecule has 0 saturated carbocycles. The average Bonchev–Trinajstić information content (AvgIpc) is 3.30. The van der Waals surface area contributed by atoms with E-state index in [1.54, 1.807) is 32.1 Å². The van der Waals surface area contributed by atoms with Gasteiger partial charge in [0.05, 0.1) is 44.0 Å². The second-order valence-corrected chi connectivity index (χ2v) is 13.3. The Kier molecular flexibility index (Phi) is 10.2. The normalized spacial score (nSPS) is 14.6. The first-order chi connectivity index (χ1) is 22.0. The van der Waals surface area contributed by atoms with Crippen molar-refractivity contribution in [3.63, 3.8) is 0 Å². The van der Waals surface area contributed by atoms with E-state index < -0.39 is 16.9 Å². The summed E-state index contributed by atoms with van der Waals surface area (Å²) < 4.78 is 20.7. The maximum absolute atomic E-state index is 14.2. The fourth-order valence-electron chi connectivity index (χ4n) is 4.96. The highest BCUT2D eigenvalue weighted by Gasteiger charge is 2.33. The van der Waals surface area contributed by atoms with Crippen LogP contribution in [0.2, 0.25) is 0 Å². The number of thiazole rings is 1. The molecule has 2 heterocycles. The topological polar surface area (TPSA) is 122 Å². The number of allylic oxidation sites excluding steroid dienone is 1. The van der Waals surface area contributed by atoms with Crippen LogP contribution >= 0.6 is 43.2 Å². The van der Waals surface area contributed by atoms with Crippen LogP contribution in [0.1, 0.15) is 50.4 Å². The molecular weight excluding hydrogens is 742 g/mol. The van der Waals surface area contributed by atoms with E-state index >= 15 is 0 Å². The van der Waals surface area contributed by atoms with Crippen LogP contribution in [0.5, 0.6) is 11.5 Å². The number of carbonyl (C=O) groups excluding carboxylic acids is 1. The van der Waals surface area contributed by atoms with Crippen molar-refractivity contribution in [1.29, 1.82) is 0 Å². The molecule has 0 bridgehead atoms. The number of hydrogen-bond acceptors (Lipinski definition) is 9. The molecule has 3 aromatic carbocycles. The lowest BCUT2D eigenvalue weighted by atomic mass is 9.96. The van der Waals surface area contributed by atoms with E-state index in [0.29, 0.717) is 42.1 Å². The van der Waals surface area contributed by atoms with E-state index in [2.05, 4.69) is 36.9 Å². The van der Waals surface area contributed by atoms with Gasteiger partial charge in [-0.3, -0.25) is 19.5 Å². The number of nitro benzene ring substituents is 1. The van der Waals surface area contributed by atoms with Crippen molar-refractivity contribution >= 4 is 60.9 Å². The first-order valence-electron chi connectivity index (χ1n) is 14.3. The molecule has 0 aliphatic carbocycles. The molecule has 0 amide bonds. The molecule has 1 atom stereocenters. The van der Waals surface area contributed by atoms with E-state index in [0.717, 1.165) is 10.0 Å². The lowest BCUT2D eigenvalue weighted by molar-refractivity contribution is -0.384. The van der Waals surface area contributed by atoms with Crippen LogP contribution in [0.25, 0.3) is 6.08 Å². The highest BCUT2D eigenvalue weighted by Crippen LogP contribution is 2.35. The Labute approximate surface area is 285 Å². The number of aromatic nitrogens is 1. The zero-order valence-electron chi connectivity index (χ0n) is 25.3. The zero-order valence-corrected chi connectivity index (χ0v) is 29.3. The van der Waals surface area contributed by atoms with E-state index in [1.165, 1.54) is 28.0 Å². The van der Waals surface area contributed by atoms with Crippen LogP contribution in [-0.2, 0) is 16.1 Å². The molecular formula is C33H29Br2N3O7S. The van der Waals surface area contributed by atoms with Crippen LogP contribution < -0.4 is 24.4 Å². The molecule has 10 nitrogen and oxygen atoms in total. The predicted octanol–water partition coefficient (Wildman–Crippen LogP) is 6.60. The first-order valence-corrected chi connectivity index (χ1v) is 16.7. The van der Waals surface area contributed by atoms with E-state index in [-0.39, 0.29) is 36.1 Å². The van der Waals surface area contributed by atoms with Crippen molar-refractivity contribution < 1.29 is 23.9 Å².